The molecule has 3 aromatic rings. The standard InChI is InChI=1S/C20H18Cl2N2O3/c1-2-24-6-5-16(11-24)26-20(25)12-3-4-17-18(9-12)27-19(23-17)13-7-14(21)10-15(22)8-13/h3-4,7-10,16H,2,5-6,11H2,1H3. The van der Waals surface area contributed by atoms with E-state index in [0.29, 0.717) is 38.2 Å². The Morgan fingerprint density at radius 1 is 1.26 bits per heavy atom. The fraction of sp³-hybridized carbons (Fsp3) is 0.300. The zero-order valence-electron chi connectivity index (χ0n) is 14.7. The number of hydrogen-bond donors (Lipinski definition) is 0. The molecule has 0 saturated carbocycles. The van der Waals surface area contributed by atoms with E-state index in [-0.39, 0.29) is 12.1 Å². The van der Waals surface area contributed by atoms with Crippen LogP contribution in [0.3, 0.4) is 0 Å². The molecule has 1 atom stereocenters. The number of nitrogens with zero attached hydrogens (tertiary/aromatic N) is 2. The predicted octanol–water partition coefficient (Wildman–Crippen LogP) is 5.05. The summed E-state index contributed by atoms with van der Waals surface area (Å²) in [5, 5.41) is 1.00. The highest BCUT2D eigenvalue weighted by Gasteiger charge is 2.25. The second-order valence-electron chi connectivity index (χ2n) is 6.57. The lowest BCUT2D eigenvalue weighted by Crippen LogP contribution is -2.24. The number of benzene rings is 2. The molecule has 0 radical (unpaired) electrons. The van der Waals surface area contributed by atoms with Gasteiger partial charge in [-0.1, -0.05) is 30.1 Å². The number of halogens is 2. The minimum atomic E-state index is -0.344. The average Bonchev–Trinajstić information content (AvgIpc) is 3.26. The van der Waals surface area contributed by atoms with E-state index >= 15 is 0 Å². The van der Waals surface area contributed by atoms with Gasteiger partial charge in [-0.3, -0.25) is 4.90 Å². The second-order valence-corrected chi connectivity index (χ2v) is 7.44. The first-order valence-electron chi connectivity index (χ1n) is 8.82. The number of fused-ring (bicyclic) bond motifs is 1. The largest absolute Gasteiger partial charge is 0.457 e. The molecular formula is C20H18Cl2N2O3. The highest BCUT2D eigenvalue weighted by molar-refractivity contribution is 6.35. The maximum absolute atomic E-state index is 12.5. The summed E-state index contributed by atoms with van der Waals surface area (Å²) in [5.41, 5.74) is 2.29. The van der Waals surface area contributed by atoms with Crippen LogP contribution in [0.15, 0.2) is 40.8 Å². The van der Waals surface area contributed by atoms with Crippen LogP contribution in [0.25, 0.3) is 22.6 Å². The van der Waals surface area contributed by atoms with Gasteiger partial charge in [-0.2, -0.15) is 0 Å². The van der Waals surface area contributed by atoms with E-state index in [0.717, 1.165) is 26.1 Å². The first-order valence-corrected chi connectivity index (χ1v) is 9.58. The smallest absolute Gasteiger partial charge is 0.338 e. The lowest BCUT2D eigenvalue weighted by atomic mass is 10.2. The number of aromatic nitrogens is 1. The van der Waals surface area contributed by atoms with Crippen molar-refractivity contribution in [1.29, 1.82) is 0 Å². The van der Waals surface area contributed by atoms with Crippen LogP contribution in [-0.4, -0.2) is 41.6 Å². The Balaban J connectivity index is 1.56. The Bertz CT molecular complexity index is 982. The Morgan fingerprint density at radius 3 is 2.74 bits per heavy atom. The van der Waals surface area contributed by atoms with Crippen molar-refractivity contribution in [2.75, 3.05) is 19.6 Å². The number of esters is 1. The molecule has 2 aromatic carbocycles. The summed E-state index contributed by atoms with van der Waals surface area (Å²) in [6.07, 6.45) is 0.802. The molecule has 1 aromatic heterocycles. The second kappa shape index (κ2) is 7.50. The number of hydrogen-bond acceptors (Lipinski definition) is 5. The van der Waals surface area contributed by atoms with Crippen molar-refractivity contribution in [2.45, 2.75) is 19.4 Å². The third-order valence-electron chi connectivity index (χ3n) is 4.68. The molecule has 4 rings (SSSR count). The Hall–Kier alpha value is -2.08. The van der Waals surface area contributed by atoms with E-state index in [4.69, 9.17) is 32.4 Å². The van der Waals surface area contributed by atoms with Crippen LogP contribution in [0.4, 0.5) is 0 Å². The Morgan fingerprint density at radius 2 is 2.04 bits per heavy atom. The monoisotopic (exact) mass is 404 g/mol. The fourth-order valence-corrected chi connectivity index (χ4v) is 3.78. The number of carbonyl (C=O) groups is 1. The van der Waals surface area contributed by atoms with Crippen LogP contribution in [-0.2, 0) is 4.74 Å². The van der Waals surface area contributed by atoms with E-state index in [9.17, 15) is 4.79 Å². The number of rotatable bonds is 4. The highest BCUT2D eigenvalue weighted by Crippen LogP contribution is 2.29. The van der Waals surface area contributed by atoms with Gasteiger partial charge < -0.3 is 9.15 Å². The maximum atomic E-state index is 12.5. The molecular weight excluding hydrogens is 387 g/mol. The Kier molecular flexibility index (Phi) is 5.08. The van der Waals surface area contributed by atoms with E-state index in [1.807, 2.05) is 0 Å². The molecule has 140 valence electrons. The van der Waals surface area contributed by atoms with Gasteiger partial charge in [0, 0.05) is 28.7 Å². The van der Waals surface area contributed by atoms with E-state index < -0.39 is 0 Å². The molecule has 0 amide bonds. The summed E-state index contributed by atoms with van der Waals surface area (Å²) in [6, 6.07) is 10.2. The van der Waals surface area contributed by atoms with E-state index in [1.165, 1.54) is 0 Å². The molecule has 1 aliphatic rings. The topological polar surface area (TPSA) is 55.6 Å². The van der Waals surface area contributed by atoms with Crippen molar-refractivity contribution in [3.05, 3.63) is 52.0 Å². The van der Waals surface area contributed by atoms with Gasteiger partial charge in [-0.25, -0.2) is 9.78 Å². The van der Waals surface area contributed by atoms with Gasteiger partial charge in [-0.05, 0) is 49.4 Å². The number of carbonyl (C=O) groups excluding carboxylic acids is 1. The quantitative estimate of drug-likeness (QED) is 0.569. The van der Waals surface area contributed by atoms with Gasteiger partial charge in [0.2, 0.25) is 5.89 Å². The highest BCUT2D eigenvalue weighted by atomic mass is 35.5. The third-order valence-corrected chi connectivity index (χ3v) is 5.12. The third kappa shape index (κ3) is 3.95. The zero-order chi connectivity index (χ0) is 19.0. The van der Waals surface area contributed by atoms with Crippen LogP contribution < -0.4 is 0 Å². The number of ether oxygens (including phenoxy) is 1. The molecule has 0 aliphatic carbocycles. The average molecular weight is 405 g/mol. The van der Waals surface area contributed by atoms with Gasteiger partial charge in [0.05, 0.1) is 5.56 Å². The molecule has 2 heterocycles. The lowest BCUT2D eigenvalue weighted by molar-refractivity contribution is 0.0323. The number of oxazole rings is 1. The first kappa shape index (κ1) is 18.3. The molecule has 7 heteroatoms. The zero-order valence-corrected chi connectivity index (χ0v) is 16.3. The predicted molar refractivity (Wildman–Crippen MR) is 105 cm³/mol. The SMILES string of the molecule is CCN1CCC(OC(=O)c2ccc3nc(-c4cc(Cl)cc(Cl)c4)oc3c2)C1. The summed E-state index contributed by atoms with van der Waals surface area (Å²) in [5.74, 6) is 0.0536. The summed E-state index contributed by atoms with van der Waals surface area (Å²) in [4.78, 5) is 19.2. The van der Waals surface area contributed by atoms with Gasteiger partial charge in [0.1, 0.15) is 11.6 Å². The van der Waals surface area contributed by atoms with Crippen LogP contribution in [0.5, 0.6) is 0 Å². The van der Waals surface area contributed by atoms with Crippen LogP contribution in [0.1, 0.15) is 23.7 Å². The molecule has 27 heavy (non-hydrogen) atoms. The van der Waals surface area contributed by atoms with E-state index in [2.05, 4.69) is 16.8 Å². The van der Waals surface area contributed by atoms with Crippen molar-refractivity contribution < 1.29 is 13.9 Å². The van der Waals surface area contributed by atoms with Crippen molar-refractivity contribution in [3.8, 4) is 11.5 Å². The van der Waals surface area contributed by atoms with Crippen LogP contribution in [0.2, 0.25) is 10.0 Å². The molecule has 0 bridgehead atoms. The molecule has 0 spiro atoms. The normalized spacial score (nSPS) is 17.5. The minimum absolute atomic E-state index is 0.0629. The van der Waals surface area contributed by atoms with Gasteiger partial charge in [0.25, 0.3) is 0 Å². The van der Waals surface area contributed by atoms with Gasteiger partial charge >= 0.3 is 5.97 Å². The minimum Gasteiger partial charge on any atom is -0.457 e. The molecule has 0 N–H and O–H groups in total. The number of likely N-dealkylation sites (N-methyl/N-ethyl adjacent to an activating group) is 1. The van der Waals surface area contributed by atoms with Crippen molar-refractivity contribution >= 4 is 40.3 Å². The van der Waals surface area contributed by atoms with Crippen molar-refractivity contribution in [1.82, 2.24) is 9.88 Å². The molecule has 5 nitrogen and oxygen atoms in total. The summed E-state index contributed by atoms with van der Waals surface area (Å²) in [6.45, 7) is 4.81. The van der Waals surface area contributed by atoms with Crippen molar-refractivity contribution in [2.24, 2.45) is 0 Å². The van der Waals surface area contributed by atoms with Crippen LogP contribution >= 0.6 is 23.2 Å². The summed E-state index contributed by atoms with van der Waals surface area (Å²) >= 11 is 12.1. The van der Waals surface area contributed by atoms with E-state index in [1.54, 1.807) is 36.4 Å². The maximum Gasteiger partial charge on any atom is 0.338 e. The van der Waals surface area contributed by atoms with Gasteiger partial charge in [0.15, 0.2) is 5.58 Å². The molecule has 1 fully saturated rings. The van der Waals surface area contributed by atoms with Crippen LogP contribution in [0, 0.1) is 0 Å². The van der Waals surface area contributed by atoms with Crippen molar-refractivity contribution in [3.63, 3.8) is 0 Å². The number of likely N-dealkylation sites (tertiary alicyclic amines) is 1. The fourth-order valence-electron chi connectivity index (χ4n) is 3.25. The molecule has 1 unspecified atom stereocenters. The summed E-state index contributed by atoms with van der Waals surface area (Å²) in [7, 11) is 0. The molecule has 1 saturated heterocycles. The molecule has 1 aliphatic heterocycles. The van der Waals surface area contributed by atoms with Gasteiger partial charge in [-0.15, -0.1) is 0 Å². The Labute approximate surface area is 166 Å². The lowest BCUT2D eigenvalue weighted by Gasteiger charge is -2.13. The first-order chi connectivity index (χ1) is 13.0. The summed E-state index contributed by atoms with van der Waals surface area (Å²) < 4.78 is 11.4.